The number of carbonyl (C=O) groups is 1. The van der Waals surface area contributed by atoms with Gasteiger partial charge in [0.1, 0.15) is 0 Å². The van der Waals surface area contributed by atoms with Crippen LogP contribution >= 0.6 is 11.8 Å². The Hall–Kier alpha value is -3.32. The molecule has 2 N–H and O–H groups in total. The van der Waals surface area contributed by atoms with Crippen LogP contribution in [0.4, 0.5) is 0 Å². The van der Waals surface area contributed by atoms with Crippen molar-refractivity contribution < 1.29 is 4.79 Å². The van der Waals surface area contributed by atoms with E-state index in [1.165, 1.54) is 11.8 Å². The predicted octanol–water partition coefficient (Wildman–Crippen LogP) is 4.21. The molecule has 0 unspecified atom stereocenters. The molecule has 2 heterocycles. The second-order valence-corrected chi connectivity index (χ2v) is 7.60. The zero-order valence-electron chi connectivity index (χ0n) is 16.2. The number of fused-ring (bicyclic) bond motifs is 1. The Morgan fingerprint density at radius 2 is 1.93 bits per heavy atom. The Bertz CT molecular complexity index is 1140. The number of carbonyl (C=O) groups excluding carboxylic acids is 1. The fraction of sp³-hybridized carbons (Fsp3) is 0.136. The summed E-state index contributed by atoms with van der Waals surface area (Å²) in [6.45, 7) is 4.10. The number of nitrogens with one attached hydrogen (secondary N) is 2. The number of thioether (sulfide) groups is 1. The third-order valence-electron chi connectivity index (χ3n) is 4.59. The van der Waals surface area contributed by atoms with Crippen molar-refractivity contribution >= 4 is 34.9 Å². The standard InChI is InChI=1S/C22H21N5OS/c1-15-12-17(16(2)27(15)18-8-4-3-5-9-18)13-23-26-21(28)14-29-22-24-19-10-6-7-11-20(19)25-22/h3-13H,14H2,1-2H3,(H,24,25)(H,26,28). The number of amides is 1. The van der Waals surface area contributed by atoms with E-state index in [4.69, 9.17) is 0 Å². The summed E-state index contributed by atoms with van der Waals surface area (Å²) < 4.78 is 2.17. The number of hydrogen-bond donors (Lipinski definition) is 2. The molecular weight excluding hydrogens is 382 g/mol. The number of para-hydroxylation sites is 3. The summed E-state index contributed by atoms with van der Waals surface area (Å²) in [6, 6.07) is 20.0. The molecule has 0 aliphatic heterocycles. The van der Waals surface area contributed by atoms with Gasteiger partial charge in [0, 0.05) is 22.6 Å². The Kier molecular flexibility index (Phi) is 5.48. The van der Waals surface area contributed by atoms with Gasteiger partial charge in [-0.3, -0.25) is 4.79 Å². The van der Waals surface area contributed by atoms with Crippen molar-refractivity contribution in [3.63, 3.8) is 0 Å². The molecule has 4 rings (SSSR count). The maximum absolute atomic E-state index is 12.1. The lowest BCUT2D eigenvalue weighted by Gasteiger charge is -2.08. The highest BCUT2D eigenvalue weighted by molar-refractivity contribution is 7.99. The molecule has 146 valence electrons. The lowest BCUT2D eigenvalue weighted by molar-refractivity contribution is -0.118. The van der Waals surface area contributed by atoms with E-state index in [9.17, 15) is 4.79 Å². The summed E-state index contributed by atoms with van der Waals surface area (Å²) >= 11 is 1.35. The number of nitrogens with zero attached hydrogens (tertiary/aromatic N) is 3. The highest BCUT2D eigenvalue weighted by Gasteiger charge is 2.09. The molecule has 2 aromatic heterocycles. The molecule has 2 aromatic carbocycles. The van der Waals surface area contributed by atoms with Gasteiger partial charge >= 0.3 is 0 Å². The average Bonchev–Trinajstić information content (AvgIpc) is 3.27. The van der Waals surface area contributed by atoms with Crippen LogP contribution < -0.4 is 5.43 Å². The van der Waals surface area contributed by atoms with Gasteiger partial charge < -0.3 is 9.55 Å². The quantitative estimate of drug-likeness (QED) is 0.288. The topological polar surface area (TPSA) is 75.1 Å². The normalized spacial score (nSPS) is 11.4. The van der Waals surface area contributed by atoms with E-state index in [1.807, 2.05) is 49.4 Å². The van der Waals surface area contributed by atoms with Crippen molar-refractivity contribution in [3.8, 4) is 5.69 Å². The highest BCUT2D eigenvalue weighted by atomic mass is 32.2. The SMILES string of the molecule is Cc1cc(C=NNC(=O)CSc2nc3ccccc3[nH]2)c(C)n1-c1ccccc1. The number of H-pyrrole nitrogens is 1. The zero-order chi connectivity index (χ0) is 20.2. The second-order valence-electron chi connectivity index (χ2n) is 6.64. The summed E-state index contributed by atoms with van der Waals surface area (Å²) in [5.74, 6) is 0.0591. The van der Waals surface area contributed by atoms with Crippen LogP contribution in [0.2, 0.25) is 0 Å². The number of hydrogen-bond acceptors (Lipinski definition) is 4. The first-order valence-corrected chi connectivity index (χ1v) is 10.2. The third-order valence-corrected chi connectivity index (χ3v) is 5.46. The maximum Gasteiger partial charge on any atom is 0.250 e. The van der Waals surface area contributed by atoms with E-state index < -0.39 is 0 Å². The van der Waals surface area contributed by atoms with Crippen LogP contribution in [0.15, 0.2) is 70.9 Å². The number of aromatic nitrogens is 3. The minimum absolute atomic E-state index is 0.177. The van der Waals surface area contributed by atoms with Gasteiger partial charge in [0.25, 0.3) is 5.91 Å². The van der Waals surface area contributed by atoms with Gasteiger partial charge in [-0.05, 0) is 44.2 Å². The van der Waals surface area contributed by atoms with Crippen molar-refractivity contribution in [1.29, 1.82) is 0 Å². The van der Waals surface area contributed by atoms with Crippen molar-refractivity contribution in [3.05, 3.63) is 77.6 Å². The van der Waals surface area contributed by atoms with Crippen LogP contribution in [0.5, 0.6) is 0 Å². The minimum Gasteiger partial charge on any atom is -0.333 e. The molecule has 0 aliphatic carbocycles. The third kappa shape index (κ3) is 4.25. The highest BCUT2D eigenvalue weighted by Crippen LogP contribution is 2.20. The van der Waals surface area contributed by atoms with Gasteiger partial charge in [0.2, 0.25) is 0 Å². The lowest BCUT2D eigenvalue weighted by atomic mass is 10.2. The summed E-state index contributed by atoms with van der Waals surface area (Å²) in [5.41, 5.74) is 8.70. The number of aromatic amines is 1. The van der Waals surface area contributed by atoms with E-state index in [1.54, 1.807) is 6.21 Å². The van der Waals surface area contributed by atoms with E-state index in [0.29, 0.717) is 0 Å². The fourth-order valence-corrected chi connectivity index (χ4v) is 3.91. The first kappa shape index (κ1) is 19.0. The summed E-state index contributed by atoms with van der Waals surface area (Å²) in [6.07, 6.45) is 1.69. The minimum atomic E-state index is -0.177. The molecule has 29 heavy (non-hydrogen) atoms. The summed E-state index contributed by atoms with van der Waals surface area (Å²) in [4.78, 5) is 19.8. The average molecular weight is 404 g/mol. The number of aryl methyl sites for hydroxylation is 1. The molecule has 0 saturated heterocycles. The van der Waals surface area contributed by atoms with Crippen molar-refractivity contribution in [2.75, 3.05) is 5.75 Å². The van der Waals surface area contributed by atoms with Crippen LogP contribution in [0, 0.1) is 13.8 Å². The van der Waals surface area contributed by atoms with Gasteiger partial charge in [0.05, 0.1) is 23.0 Å². The van der Waals surface area contributed by atoms with E-state index in [0.717, 1.165) is 38.8 Å². The van der Waals surface area contributed by atoms with E-state index in [-0.39, 0.29) is 11.7 Å². The molecule has 0 atom stereocenters. The van der Waals surface area contributed by atoms with Gasteiger partial charge in [0.15, 0.2) is 5.16 Å². The van der Waals surface area contributed by atoms with Crippen LogP contribution in [-0.2, 0) is 4.79 Å². The Balaban J connectivity index is 1.37. The van der Waals surface area contributed by atoms with Crippen LogP contribution in [0.25, 0.3) is 16.7 Å². The van der Waals surface area contributed by atoms with Crippen molar-refractivity contribution in [2.24, 2.45) is 5.10 Å². The van der Waals surface area contributed by atoms with Crippen LogP contribution in [-0.4, -0.2) is 32.4 Å². The fourth-order valence-electron chi connectivity index (χ4n) is 3.23. The maximum atomic E-state index is 12.1. The molecule has 0 fully saturated rings. The first-order valence-electron chi connectivity index (χ1n) is 9.25. The van der Waals surface area contributed by atoms with Crippen molar-refractivity contribution in [2.45, 2.75) is 19.0 Å². The number of imidazole rings is 1. The smallest absolute Gasteiger partial charge is 0.250 e. The number of hydrazone groups is 1. The van der Waals surface area contributed by atoms with E-state index >= 15 is 0 Å². The molecule has 0 spiro atoms. The monoisotopic (exact) mass is 403 g/mol. The largest absolute Gasteiger partial charge is 0.333 e. The predicted molar refractivity (Wildman–Crippen MR) is 118 cm³/mol. The summed E-state index contributed by atoms with van der Waals surface area (Å²) in [5, 5.41) is 4.84. The van der Waals surface area contributed by atoms with E-state index in [2.05, 4.69) is 50.2 Å². The molecule has 0 radical (unpaired) electrons. The number of rotatable bonds is 6. The zero-order valence-corrected chi connectivity index (χ0v) is 17.0. The second kappa shape index (κ2) is 8.36. The van der Waals surface area contributed by atoms with Gasteiger partial charge in [-0.25, -0.2) is 10.4 Å². The first-order chi connectivity index (χ1) is 14.1. The van der Waals surface area contributed by atoms with Crippen LogP contribution in [0.1, 0.15) is 17.0 Å². The Morgan fingerprint density at radius 1 is 1.17 bits per heavy atom. The van der Waals surface area contributed by atoms with Gasteiger partial charge in [-0.2, -0.15) is 5.10 Å². The lowest BCUT2D eigenvalue weighted by Crippen LogP contribution is -2.19. The molecule has 6 nitrogen and oxygen atoms in total. The van der Waals surface area contributed by atoms with Crippen LogP contribution in [0.3, 0.4) is 0 Å². The molecule has 0 bridgehead atoms. The molecular formula is C22H21N5OS. The van der Waals surface area contributed by atoms with Gasteiger partial charge in [-0.15, -0.1) is 0 Å². The van der Waals surface area contributed by atoms with Gasteiger partial charge in [-0.1, -0.05) is 42.1 Å². The Labute approximate surface area is 173 Å². The molecule has 0 aliphatic rings. The summed E-state index contributed by atoms with van der Waals surface area (Å²) in [7, 11) is 0. The van der Waals surface area contributed by atoms with Crippen molar-refractivity contribution in [1.82, 2.24) is 20.0 Å². The molecule has 4 aromatic rings. The molecule has 0 saturated carbocycles. The Morgan fingerprint density at radius 3 is 2.72 bits per heavy atom. The molecule has 1 amide bonds. The molecule has 7 heteroatoms. The number of benzene rings is 2.